The molecule has 0 atom stereocenters. The van der Waals surface area contributed by atoms with Crippen molar-refractivity contribution in [3.8, 4) is 16.9 Å². The fraction of sp³-hybridized carbons (Fsp3) is 0.360. The summed E-state index contributed by atoms with van der Waals surface area (Å²) in [5.74, 6) is 0.282. The summed E-state index contributed by atoms with van der Waals surface area (Å²) < 4.78 is 1.78. The molecule has 1 aliphatic carbocycles. The van der Waals surface area contributed by atoms with Gasteiger partial charge >= 0.3 is 0 Å². The topological polar surface area (TPSA) is 67.2 Å². The molecule has 2 N–H and O–H groups in total. The molecule has 1 heterocycles. The van der Waals surface area contributed by atoms with Crippen molar-refractivity contribution in [2.45, 2.75) is 45.6 Å². The molecule has 1 saturated carbocycles. The van der Waals surface area contributed by atoms with Gasteiger partial charge in [0, 0.05) is 24.4 Å². The van der Waals surface area contributed by atoms with Gasteiger partial charge in [-0.15, -0.1) is 0 Å². The number of nitrogens with zero attached hydrogens (tertiary/aromatic N) is 2. The number of aliphatic hydroxyl groups excluding tert-OH is 1. The maximum Gasteiger partial charge on any atom is 0.255 e. The smallest absolute Gasteiger partial charge is 0.255 e. The molecule has 0 unspecified atom stereocenters. The third kappa shape index (κ3) is 4.31. The van der Waals surface area contributed by atoms with E-state index in [9.17, 15) is 9.90 Å². The van der Waals surface area contributed by atoms with Crippen LogP contribution in [0.2, 0.25) is 0 Å². The molecule has 2 aromatic carbocycles. The Morgan fingerprint density at radius 1 is 1.10 bits per heavy atom. The number of nitrogens with one attached hydrogen (secondary N) is 1. The fourth-order valence-electron chi connectivity index (χ4n) is 4.28. The van der Waals surface area contributed by atoms with E-state index >= 15 is 0 Å². The lowest BCUT2D eigenvalue weighted by molar-refractivity contribution is 0.0914. The Kier molecular flexibility index (Phi) is 6.00. The van der Waals surface area contributed by atoms with Crippen molar-refractivity contribution in [3.05, 3.63) is 71.4 Å². The van der Waals surface area contributed by atoms with Crippen molar-refractivity contribution in [1.29, 1.82) is 0 Å². The predicted molar refractivity (Wildman–Crippen MR) is 119 cm³/mol. The van der Waals surface area contributed by atoms with Crippen LogP contribution < -0.4 is 5.32 Å². The first-order chi connectivity index (χ1) is 14.5. The molecule has 1 aromatic heterocycles. The van der Waals surface area contributed by atoms with Crippen LogP contribution in [0.3, 0.4) is 0 Å². The van der Waals surface area contributed by atoms with Crippen LogP contribution >= 0.6 is 0 Å². The average Bonchev–Trinajstić information content (AvgIpc) is 3.20. The summed E-state index contributed by atoms with van der Waals surface area (Å²) in [6.07, 6.45) is 5.55. The quantitative estimate of drug-likeness (QED) is 0.662. The van der Waals surface area contributed by atoms with E-state index in [0.717, 1.165) is 42.5 Å². The molecule has 156 valence electrons. The largest absolute Gasteiger partial charge is 0.396 e. The van der Waals surface area contributed by atoms with Gasteiger partial charge in [0.15, 0.2) is 0 Å². The van der Waals surface area contributed by atoms with E-state index in [2.05, 4.69) is 31.3 Å². The highest BCUT2D eigenvalue weighted by molar-refractivity contribution is 6.00. The summed E-state index contributed by atoms with van der Waals surface area (Å²) in [6.45, 7) is 4.36. The minimum atomic E-state index is -0.0837. The standard InChI is InChI=1S/C25H29N3O2/c1-17-8-13-22(18(2)14-17)24-23(15-28(27-24)21-6-4-3-5-7-21)25(30)26-20-11-9-19(16-29)10-12-20/h3-8,13-15,19-20,29H,9-12,16H2,1-2H3,(H,26,30). The highest BCUT2D eigenvalue weighted by Gasteiger charge is 2.25. The monoisotopic (exact) mass is 403 g/mol. The molecule has 3 aromatic rings. The third-order valence-electron chi connectivity index (χ3n) is 6.06. The number of para-hydroxylation sites is 1. The molecule has 5 nitrogen and oxygen atoms in total. The van der Waals surface area contributed by atoms with Gasteiger partial charge in [0.1, 0.15) is 5.69 Å². The molecule has 0 bridgehead atoms. The van der Waals surface area contributed by atoms with Gasteiger partial charge in [-0.1, -0.05) is 42.0 Å². The number of aryl methyl sites for hydroxylation is 2. The van der Waals surface area contributed by atoms with Gasteiger partial charge in [-0.05, 0) is 63.1 Å². The Morgan fingerprint density at radius 2 is 1.83 bits per heavy atom. The normalized spacial score (nSPS) is 18.9. The van der Waals surface area contributed by atoms with Gasteiger partial charge in [-0.2, -0.15) is 5.10 Å². The Morgan fingerprint density at radius 3 is 2.50 bits per heavy atom. The molecule has 0 saturated heterocycles. The SMILES string of the molecule is Cc1ccc(-c2nn(-c3ccccc3)cc2C(=O)NC2CCC(CO)CC2)c(C)c1. The predicted octanol–water partition coefficient (Wildman–Crippen LogP) is 4.44. The maximum absolute atomic E-state index is 13.3. The molecular formula is C25H29N3O2. The number of amides is 1. The number of hydrogen-bond donors (Lipinski definition) is 2. The highest BCUT2D eigenvalue weighted by Crippen LogP contribution is 2.29. The molecule has 4 rings (SSSR count). The van der Waals surface area contributed by atoms with Crippen molar-refractivity contribution in [2.24, 2.45) is 5.92 Å². The van der Waals surface area contributed by atoms with Crippen LogP contribution in [0, 0.1) is 19.8 Å². The summed E-state index contributed by atoms with van der Waals surface area (Å²) in [4.78, 5) is 13.3. The minimum absolute atomic E-state index is 0.0837. The zero-order valence-corrected chi connectivity index (χ0v) is 17.6. The van der Waals surface area contributed by atoms with E-state index in [4.69, 9.17) is 5.10 Å². The average molecular weight is 404 g/mol. The van der Waals surface area contributed by atoms with Crippen LogP contribution in [0.5, 0.6) is 0 Å². The van der Waals surface area contributed by atoms with Gasteiger partial charge in [-0.3, -0.25) is 4.79 Å². The van der Waals surface area contributed by atoms with Gasteiger partial charge in [-0.25, -0.2) is 4.68 Å². The number of carbonyl (C=O) groups excluding carboxylic acids is 1. The third-order valence-corrected chi connectivity index (χ3v) is 6.06. The first-order valence-electron chi connectivity index (χ1n) is 10.7. The van der Waals surface area contributed by atoms with Crippen LogP contribution in [0.1, 0.15) is 47.2 Å². The lowest BCUT2D eigenvalue weighted by atomic mass is 9.86. The second-order valence-corrected chi connectivity index (χ2v) is 8.36. The van der Waals surface area contributed by atoms with Crippen molar-refractivity contribution < 1.29 is 9.90 Å². The van der Waals surface area contributed by atoms with E-state index in [1.807, 2.05) is 42.6 Å². The van der Waals surface area contributed by atoms with Crippen molar-refractivity contribution in [3.63, 3.8) is 0 Å². The number of benzene rings is 2. The van der Waals surface area contributed by atoms with E-state index in [1.54, 1.807) is 4.68 Å². The van der Waals surface area contributed by atoms with Crippen LogP contribution in [-0.2, 0) is 0 Å². The molecule has 0 spiro atoms. The Balaban J connectivity index is 1.67. The fourth-order valence-corrected chi connectivity index (χ4v) is 4.28. The zero-order chi connectivity index (χ0) is 21.1. The number of hydrogen-bond acceptors (Lipinski definition) is 3. The molecule has 1 fully saturated rings. The Hall–Kier alpha value is -2.92. The molecular weight excluding hydrogens is 374 g/mol. The first-order valence-corrected chi connectivity index (χ1v) is 10.7. The van der Waals surface area contributed by atoms with Crippen molar-refractivity contribution in [1.82, 2.24) is 15.1 Å². The van der Waals surface area contributed by atoms with Crippen molar-refractivity contribution in [2.75, 3.05) is 6.61 Å². The molecule has 5 heteroatoms. The number of aromatic nitrogens is 2. The van der Waals surface area contributed by atoms with E-state index < -0.39 is 0 Å². The maximum atomic E-state index is 13.3. The molecule has 0 radical (unpaired) electrons. The summed E-state index contributed by atoms with van der Waals surface area (Å²) in [6, 6.07) is 16.2. The first kappa shape index (κ1) is 20.4. The summed E-state index contributed by atoms with van der Waals surface area (Å²) >= 11 is 0. The van der Waals surface area contributed by atoms with E-state index in [-0.39, 0.29) is 18.6 Å². The molecule has 1 amide bonds. The van der Waals surface area contributed by atoms with Crippen LogP contribution in [-0.4, -0.2) is 33.4 Å². The lowest BCUT2D eigenvalue weighted by Crippen LogP contribution is -2.38. The Bertz CT molecular complexity index is 1020. The lowest BCUT2D eigenvalue weighted by Gasteiger charge is -2.27. The summed E-state index contributed by atoms with van der Waals surface area (Å²) in [5.41, 5.74) is 5.49. The molecule has 1 aliphatic rings. The second-order valence-electron chi connectivity index (χ2n) is 8.36. The van der Waals surface area contributed by atoms with E-state index in [1.165, 1.54) is 5.56 Å². The number of aliphatic hydroxyl groups is 1. The molecule has 30 heavy (non-hydrogen) atoms. The van der Waals surface area contributed by atoms with Crippen molar-refractivity contribution >= 4 is 5.91 Å². The number of rotatable bonds is 5. The highest BCUT2D eigenvalue weighted by atomic mass is 16.3. The summed E-state index contributed by atoms with van der Waals surface area (Å²) in [5, 5.41) is 17.4. The van der Waals surface area contributed by atoms with Gasteiger partial charge in [0.25, 0.3) is 5.91 Å². The van der Waals surface area contributed by atoms with E-state index in [0.29, 0.717) is 17.2 Å². The summed E-state index contributed by atoms with van der Waals surface area (Å²) in [7, 11) is 0. The second kappa shape index (κ2) is 8.84. The van der Waals surface area contributed by atoms with Crippen LogP contribution in [0.15, 0.2) is 54.7 Å². The zero-order valence-electron chi connectivity index (χ0n) is 17.6. The van der Waals surface area contributed by atoms with Crippen LogP contribution in [0.25, 0.3) is 16.9 Å². The van der Waals surface area contributed by atoms with Gasteiger partial charge in [0.05, 0.1) is 11.3 Å². The Labute approximate surface area is 177 Å². The molecule has 0 aliphatic heterocycles. The number of carbonyl (C=O) groups is 1. The van der Waals surface area contributed by atoms with Gasteiger partial charge < -0.3 is 10.4 Å². The van der Waals surface area contributed by atoms with Crippen LogP contribution in [0.4, 0.5) is 0 Å². The van der Waals surface area contributed by atoms with Gasteiger partial charge in [0.2, 0.25) is 0 Å². The minimum Gasteiger partial charge on any atom is -0.396 e.